The number of carbonyl (C=O) groups excluding carboxylic acids is 1. The number of fused-ring (bicyclic) bond motifs is 3. The minimum Gasteiger partial charge on any atom is -0.340 e. The zero-order valence-corrected chi connectivity index (χ0v) is 15.2. The maximum Gasteiger partial charge on any atom is 0.222 e. The molecule has 0 aliphatic carbocycles. The SMILES string of the molecule is O=C(CCc1ccc(F)cc1F)N1CCN([C@H]2CN3CCC2CC3)CC1. The Morgan fingerprint density at radius 3 is 2.38 bits per heavy atom. The Bertz CT molecular complexity index is 652. The van der Waals surface area contributed by atoms with E-state index in [2.05, 4.69) is 9.80 Å². The van der Waals surface area contributed by atoms with Crippen LogP contribution < -0.4 is 0 Å². The van der Waals surface area contributed by atoms with E-state index in [9.17, 15) is 13.6 Å². The zero-order valence-electron chi connectivity index (χ0n) is 15.2. The van der Waals surface area contributed by atoms with Gasteiger partial charge in [0, 0.05) is 51.3 Å². The molecule has 2 bridgehead atoms. The van der Waals surface area contributed by atoms with E-state index < -0.39 is 11.6 Å². The Balaban J connectivity index is 1.26. The van der Waals surface area contributed by atoms with Crippen molar-refractivity contribution in [2.45, 2.75) is 31.7 Å². The summed E-state index contributed by atoms with van der Waals surface area (Å²) in [6.07, 6.45) is 3.23. The molecule has 1 aromatic rings. The number of nitrogens with zero attached hydrogens (tertiary/aromatic N) is 3. The Kier molecular flexibility index (Phi) is 5.23. The number of hydrogen-bond acceptors (Lipinski definition) is 3. The van der Waals surface area contributed by atoms with Crippen LogP contribution in [0.15, 0.2) is 18.2 Å². The van der Waals surface area contributed by atoms with Gasteiger partial charge in [0.1, 0.15) is 11.6 Å². The normalized spacial score (nSPS) is 29.2. The second-order valence-electron chi connectivity index (χ2n) is 7.86. The number of aryl methyl sites for hydroxylation is 1. The highest BCUT2D eigenvalue weighted by molar-refractivity contribution is 5.76. The molecule has 0 unspecified atom stereocenters. The maximum absolute atomic E-state index is 13.7. The number of carbonyl (C=O) groups is 1. The number of piperazine rings is 1. The fraction of sp³-hybridized carbons (Fsp3) is 0.650. The molecule has 1 amide bonds. The second kappa shape index (κ2) is 7.61. The highest BCUT2D eigenvalue weighted by Gasteiger charge is 2.38. The first-order valence-corrected chi connectivity index (χ1v) is 9.78. The summed E-state index contributed by atoms with van der Waals surface area (Å²) in [5.41, 5.74) is 0.408. The first kappa shape index (κ1) is 17.9. The van der Waals surface area contributed by atoms with Gasteiger partial charge in [-0.3, -0.25) is 9.69 Å². The molecule has 5 rings (SSSR count). The van der Waals surface area contributed by atoms with Crippen LogP contribution in [0.5, 0.6) is 0 Å². The summed E-state index contributed by atoms with van der Waals surface area (Å²) in [6.45, 7) is 7.07. The first-order chi connectivity index (χ1) is 12.6. The predicted octanol–water partition coefficient (Wildman–Crippen LogP) is 2.14. The lowest BCUT2D eigenvalue weighted by atomic mass is 9.83. The van der Waals surface area contributed by atoms with Gasteiger partial charge in [-0.25, -0.2) is 8.78 Å². The molecule has 26 heavy (non-hydrogen) atoms. The van der Waals surface area contributed by atoms with Crippen LogP contribution in [-0.2, 0) is 11.2 Å². The summed E-state index contributed by atoms with van der Waals surface area (Å²) < 4.78 is 26.7. The number of benzene rings is 1. The highest BCUT2D eigenvalue weighted by atomic mass is 19.1. The molecule has 6 heteroatoms. The molecular formula is C20H27F2N3O. The number of piperidine rings is 3. The van der Waals surface area contributed by atoms with E-state index in [0.717, 1.165) is 38.2 Å². The van der Waals surface area contributed by atoms with E-state index in [1.807, 2.05) is 4.90 Å². The number of hydrogen-bond donors (Lipinski definition) is 0. The lowest BCUT2D eigenvalue weighted by Gasteiger charge is -2.51. The molecule has 1 aromatic carbocycles. The van der Waals surface area contributed by atoms with E-state index in [0.29, 0.717) is 18.0 Å². The van der Waals surface area contributed by atoms with Crippen molar-refractivity contribution in [3.8, 4) is 0 Å². The topological polar surface area (TPSA) is 26.8 Å². The fourth-order valence-electron chi connectivity index (χ4n) is 4.77. The molecule has 0 radical (unpaired) electrons. The van der Waals surface area contributed by atoms with Gasteiger partial charge in [0.05, 0.1) is 0 Å². The van der Waals surface area contributed by atoms with Gasteiger partial charge in [-0.1, -0.05) is 6.07 Å². The lowest BCUT2D eigenvalue weighted by Crippen LogP contribution is -2.61. The van der Waals surface area contributed by atoms with E-state index in [-0.39, 0.29) is 12.3 Å². The molecule has 4 fully saturated rings. The average Bonchev–Trinajstić information content (AvgIpc) is 2.68. The summed E-state index contributed by atoms with van der Waals surface area (Å²) in [4.78, 5) is 19.5. The van der Waals surface area contributed by atoms with Crippen molar-refractivity contribution < 1.29 is 13.6 Å². The summed E-state index contributed by atoms with van der Waals surface area (Å²) in [5, 5.41) is 0. The van der Waals surface area contributed by atoms with Crippen LogP contribution in [-0.4, -0.2) is 72.5 Å². The largest absolute Gasteiger partial charge is 0.340 e. The van der Waals surface area contributed by atoms with Crippen LogP contribution in [0, 0.1) is 17.6 Å². The Morgan fingerprint density at radius 2 is 1.77 bits per heavy atom. The number of halogens is 2. The third kappa shape index (κ3) is 3.76. The van der Waals surface area contributed by atoms with Crippen molar-refractivity contribution in [1.82, 2.24) is 14.7 Å². The third-order valence-corrected chi connectivity index (χ3v) is 6.38. The van der Waals surface area contributed by atoms with Crippen LogP contribution in [0.3, 0.4) is 0 Å². The Morgan fingerprint density at radius 1 is 1.04 bits per heavy atom. The monoisotopic (exact) mass is 363 g/mol. The van der Waals surface area contributed by atoms with Gasteiger partial charge in [-0.2, -0.15) is 0 Å². The van der Waals surface area contributed by atoms with Crippen molar-refractivity contribution in [1.29, 1.82) is 0 Å². The lowest BCUT2D eigenvalue weighted by molar-refractivity contribution is -0.134. The molecule has 4 heterocycles. The molecule has 4 saturated heterocycles. The minimum atomic E-state index is -0.582. The zero-order chi connectivity index (χ0) is 18.1. The summed E-state index contributed by atoms with van der Waals surface area (Å²) in [6, 6.07) is 4.22. The Labute approximate surface area is 153 Å². The highest BCUT2D eigenvalue weighted by Crippen LogP contribution is 2.31. The second-order valence-corrected chi connectivity index (χ2v) is 7.86. The molecule has 1 atom stereocenters. The van der Waals surface area contributed by atoms with Crippen LogP contribution >= 0.6 is 0 Å². The maximum atomic E-state index is 13.7. The van der Waals surface area contributed by atoms with Crippen LogP contribution in [0.1, 0.15) is 24.8 Å². The predicted molar refractivity (Wildman–Crippen MR) is 95.8 cm³/mol. The molecule has 4 aliphatic rings. The first-order valence-electron chi connectivity index (χ1n) is 9.78. The summed E-state index contributed by atoms with van der Waals surface area (Å²) in [5.74, 6) is -0.252. The molecule has 0 aromatic heterocycles. The smallest absolute Gasteiger partial charge is 0.222 e. The van der Waals surface area contributed by atoms with E-state index >= 15 is 0 Å². The minimum absolute atomic E-state index is 0.0716. The van der Waals surface area contributed by atoms with Gasteiger partial charge in [-0.05, 0) is 49.9 Å². The summed E-state index contributed by atoms with van der Waals surface area (Å²) >= 11 is 0. The molecule has 142 valence electrons. The number of amides is 1. The van der Waals surface area contributed by atoms with Crippen molar-refractivity contribution in [3.63, 3.8) is 0 Å². The van der Waals surface area contributed by atoms with Gasteiger partial charge >= 0.3 is 0 Å². The van der Waals surface area contributed by atoms with Gasteiger partial charge in [0.25, 0.3) is 0 Å². The molecule has 0 saturated carbocycles. The standard InChI is InChI=1S/C20H27F2N3O/c21-17-3-1-15(18(22)13-17)2-4-20(26)25-11-9-24(10-12-25)19-14-23-7-5-16(19)6-8-23/h1,3,13,16,19H,2,4-12,14H2/t19-/m0/s1. The quantitative estimate of drug-likeness (QED) is 0.820. The third-order valence-electron chi connectivity index (χ3n) is 6.38. The summed E-state index contributed by atoms with van der Waals surface area (Å²) in [7, 11) is 0. The van der Waals surface area contributed by atoms with Crippen LogP contribution in [0.25, 0.3) is 0 Å². The van der Waals surface area contributed by atoms with Crippen molar-refractivity contribution >= 4 is 5.91 Å². The van der Waals surface area contributed by atoms with E-state index in [1.165, 1.54) is 44.6 Å². The Hall–Kier alpha value is -1.53. The molecule has 0 N–H and O–H groups in total. The van der Waals surface area contributed by atoms with E-state index in [1.54, 1.807) is 0 Å². The molecule has 0 spiro atoms. The van der Waals surface area contributed by atoms with E-state index in [4.69, 9.17) is 0 Å². The van der Waals surface area contributed by atoms with Crippen molar-refractivity contribution in [2.75, 3.05) is 45.8 Å². The molecule has 4 nitrogen and oxygen atoms in total. The van der Waals surface area contributed by atoms with Crippen molar-refractivity contribution in [3.05, 3.63) is 35.4 Å². The fourth-order valence-corrected chi connectivity index (χ4v) is 4.77. The molecular weight excluding hydrogens is 336 g/mol. The average molecular weight is 363 g/mol. The van der Waals surface area contributed by atoms with Gasteiger partial charge in [0.15, 0.2) is 0 Å². The van der Waals surface area contributed by atoms with Crippen molar-refractivity contribution in [2.24, 2.45) is 5.92 Å². The van der Waals surface area contributed by atoms with Crippen LogP contribution in [0.2, 0.25) is 0 Å². The number of rotatable bonds is 4. The van der Waals surface area contributed by atoms with Crippen LogP contribution in [0.4, 0.5) is 8.78 Å². The molecule has 4 aliphatic heterocycles. The van der Waals surface area contributed by atoms with Gasteiger partial charge < -0.3 is 9.80 Å². The van der Waals surface area contributed by atoms with Gasteiger partial charge in [-0.15, -0.1) is 0 Å². The van der Waals surface area contributed by atoms with Gasteiger partial charge in [0.2, 0.25) is 5.91 Å².